The van der Waals surface area contributed by atoms with Crippen molar-refractivity contribution in [3.63, 3.8) is 0 Å². The Labute approximate surface area is 119 Å². The summed E-state index contributed by atoms with van der Waals surface area (Å²) in [5, 5.41) is 10.8. The normalized spacial score (nSPS) is 12.3. The van der Waals surface area contributed by atoms with E-state index in [0.29, 0.717) is 0 Å². The molecule has 0 fully saturated rings. The van der Waals surface area contributed by atoms with E-state index in [4.69, 9.17) is 4.84 Å². The van der Waals surface area contributed by atoms with Gasteiger partial charge in [-0.05, 0) is 12.1 Å². The van der Waals surface area contributed by atoms with Crippen LogP contribution in [0.15, 0.2) is 29.2 Å². The summed E-state index contributed by atoms with van der Waals surface area (Å²) in [7, 11) is -5.38. The van der Waals surface area contributed by atoms with Gasteiger partial charge in [-0.3, -0.25) is 15.0 Å². The van der Waals surface area contributed by atoms with E-state index < -0.39 is 33.6 Å². The van der Waals surface area contributed by atoms with E-state index in [1.54, 1.807) is 0 Å². The highest BCUT2D eigenvalue weighted by atomic mass is 32.2. The molecule has 0 heterocycles. The number of hydrogen-bond donors (Lipinski definition) is 1. The third-order valence-corrected chi connectivity index (χ3v) is 5.44. The maximum Gasteiger partial charge on any atom is 0.289 e. The standard InChI is InChI=1S/C11H18N2O5SSi/c1-20(2,3)9-8-18-12-19(16,17)11-7-5-4-6-10(11)13(14)15/h4-7,12H,8-9H2,1-3H3. The molecule has 20 heavy (non-hydrogen) atoms. The first-order chi connectivity index (χ1) is 9.13. The molecule has 0 aromatic heterocycles. The minimum Gasteiger partial charge on any atom is -0.287 e. The molecule has 0 saturated carbocycles. The van der Waals surface area contributed by atoms with E-state index in [9.17, 15) is 18.5 Å². The van der Waals surface area contributed by atoms with Crippen molar-refractivity contribution in [2.45, 2.75) is 30.6 Å². The maximum atomic E-state index is 12.0. The van der Waals surface area contributed by atoms with Crippen LogP contribution in [0.4, 0.5) is 5.69 Å². The second-order valence-corrected chi connectivity index (χ2v) is 12.7. The highest BCUT2D eigenvalue weighted by molar-refractivity contribution is 7.89. The average Bonchev–Trinajstić information content (AvgIpc) is 2.33. The molecule has 1 rings (SSSR count). The fourth-order valence-corrected chi connectivity index (χ4v) is 3.07. The Morgan fingerprint density at radius 3 is 2.45 bits per heavy atom. The van der Waals surface area contributed by atoms with Crippen molar-refractivity contribution >= 4 is 23.8 Å². The van der Waals surface area contributed by atoms with E-state index in [0.717, 1.165) is 12.1 Å². The van der Waals surface area contributed by atoms with Gasteiger partial charge in [0.1, 0.15) is 0 Å². The number of benzene rings is 1. The van der Waals surface area contributed by atoms with Gasteiger partial charge in [-0.2, -0.15) is 0 Å². The van der Waals surface area contributed by atoms with Gasteiger partial charge in [-0.25, -0.2) is 8.42 Å². The highest BCUT2D eigenvalue weighted by Gasteiger charge is 2.25. The molecule has 1 aromatic carbocycles. The number of nitrogens with zero attached hydrogens (tertiary/aromatic N) is 1. The molecule has 9 heteroatoms. The predicted molar refractivity (Wildman–Crippen MR) is 77.5 cm³/mol. The van der Waals surface area contributed by atoms with Crippen molar-refractivity contribution in [3.8, 4) is 0 Å². The molecule has 0 spiro atoms. The van der Waals surface area contributed by atoms with E-state index in [-0.39, 0.29) is 6.61 Å². The lowest BCUT2D eigenvalue weighted by Gasteiger charge is -2.15. The van der Waals surface area contributed by atoms with Gasteiger partial charge in [0.15, 0.2) is 4.90 Å². The summed E-state index contributed by atoms with van der Waals surface area (Å²) in [5.41, 5.74) is -0.478. The number of para-hydroxylation sites is 1. The molecule has 0 saturated heterocycles. The fraction of sp³-hybridized carbons (Fsp3) is 0.455. The molecule has 0 unspecified atom stereocenters. The van der Waals surface area contributed by atoms with Crippen LogP contribution in [0, 0.1) is 10.1 Å². The second kappa shape index (κ2) is 6.44. The first kappa shape index (κ1) is 16.8. The van der Waals surface area contributed by atoms with Crippen LogP contribution >= 0.6 is 0 Å². The number of nitro benzene ring substituents is 1. The summed E-state index contributed by atoms with van der Waals surface area (Å²) < 4.78 is 23.9. The number of rotatable bonds is 7. The lowest BCUT2D eigenvalue weighted by Crippen LogP contribution is -2.28. The molecular formula is C11H18N2O5SSi. The first-order valence-electron chi connectivity index (χ1n) is 6.00. The lowest BCUT2D eigenvalue weighted by atomic mass is 10.3. The Balaban J connectivity index is 2.78. The second-order valence-electron chi connectivity index (χ2n) is 5.47. The smallest absolute Gasteiger partial charge is 0.287 e. The molecule has 0 aliphatic carbocycles. The molecule has 0 bridgehead atoms. The number of nitro groups is 1. The zero-order chi connectivity index (χ0) is 15.4. The minimum absolute atomic E-state index is 0.246. The van der Waals surface area contributed by atoms with Crippen LogP contribution in [0.25, 0.3) is 0 Å². The zero-order valence-corrected chi connectivity index (χ0v) is 13.4. The molecular weight excluding hydrogens is 300 g/mol. The van der Waals surface area contributed by atoms with Crippen molar-refractivity contribution in [2.75, 3.05) is 6.61 Å². The van der Waals surface area contributed by atoms with Gasteiger partial charge in [0.25, 0.3) is 15.7 Å². The zero-order valence-electron chi connectivity index (χ0n) is 11.6. The monoisotopic (exact) mass is 318 g/mol. The van der Waals surface area contributed by atoms with E-state index in [1.165, 1.54) is 18.2 Å². The van der Waals surface area contributed by atoms with Gasteiger partial charge in [0, 0.05) is 14.1 Å². The van der Waals surface area contributed by atoms with Crippen molar-refractivity contribution in [1.29, 1.82) is 0 Å². The van der Waals surface area contributed by atoms with Crippen LogP contribution in [-0.4, -0.2) is 28.0 Å². The van der Waals surface area contributed by atoms with E-state index >= 15 is 0 Å². The van der Waals surface area contributed by atoms with Crippen molar-refractivity contribution < 1.29 is 18.2 Å². The lowest BCUT2D eigenvalue weighted by molar-refractivity contribution is -0.387. The van der Waals surface area contributed by atoms with Crippen LogP contribution in [-0.2, 0) is 14.9 Å². The molecule has 0 aliphatic rings. The predicted octanol–water partition coefficient (Wildman–Crippen LogP) is 2.14. The SMILES string of the molecule is C[Si](C)(C)CCONS(=O)(=O)c1ccccc1[N+](=O)[O-]. The van der Waals surface area contributed by atoms with Gasteiger partial charge in [0.2, 0.25) is 0 Å². The topological polar surface area (TPSA) is 98.5 Å². The van der Waals surface area contributed by atoms with E-state index in [2.05, 4.69) is 19.6 Å². The van der Waals surface area contributed by atoms with Crippen molar-refractivity contribution in [1.82, 2.24) is 4.89 Å². The maximum absolute atomic E-state index is 12.0. The minimum atomic E-state index is -4.05. The number of sulfonamides is 1. The average molecular weight is 318 g/mol. The molecule has 0 amide bonds. The Bertz CT molecular complexity index is 583. The summed E-state index contributed by atoms with van der Waals surface area (Å²) in [5.74, 6) is 0. The quantitative estimate of drug-likeness (QED) is 0.359. The van der Waals surface area contributed by atoms with Gasteiger partial charge in [-0.15, -0.1) is 0 Å². The van der Waals surface area contributed by atoms with Crippen molar-refractivity contribution in [2.24, 2.45) is 0 Å². The Kier molecular flexibility index (Phi) is 5.40. The van der Waals surface area contributed by atoms with E-state index in [1.807, 2.05) is 4.89 Å². The molecule has 112 valence electrons. The summed E-state index contributed by atoms with van der Waals surface area (Å²) in [4.78, 5) is 16.5. The Hall–Kier alpha value is -1.29. The number of hydrogen-bond acceptors (Lipinski definition) is 5. The van der Waals surface area contributed by atoms with Crippen LogP contribution in [0.5, 0.6) is 0 Å². The summed E-state index contributed by atoms with van der Waals surface area (Å²) in [6.07, 6.45) is 0. The Morgan fingerprint density at radius 1 is 1.30 bits per heavy atom. The molecule has 0 aliphatic heterocycles. The van der Waals surface area contributed by atoms with Crippen LogP contribution < -0.4 is 4.89 Å². The van der Waals surface area contributed by atoms with Crippen LogP contribution in [0.1, 0.15) is 0 Å². The van der Waals surface area contributed by atoms with Gasteiger partial charge in [-0.1, -0.05) is 36.7 Å². The van der Waals surface area contributed by atoms with Gasteiger partial charge >= 0.3 is 0 Å². The van der Waals surface area contributed by atoms with Crippen LogP contribution in [0.2, 0.25) is 25.7 Å². The highest BCUT2D eigenvalue weighted by Crippen LogP contribution is 2.22. The summed E-state index contributed by atoms with van der Waals surface area (Å²) in [6.45, 7) is 6.64. The fourth-order valence-electron chi connectivity index (χ4n) is 1.36. The molecule has 7 nitrogen and oxygen atoms in total. The number of nitrogens with one attached hydrogen (secondary N) is 1. The third-order valence-electron chi connectivity index (χ3n) is 2.47. The molecule has 1 N–H and O–H groups in total. The molecule has 0 radical (unpaired) electrons. The van der Waals surface area contributed by atoms with Crippen molar-refractivity contribution in [3.05, 3.63) is 34.4 Å². The first-order valence-corrected chi connectivity index (χ1v) is 11.2. The molecule has 1 aromatic rings. The van der Waals surface area contributed by atoms with Crippen LogP contribution in [0.3, 0.4) is 0 Å². The van der Waals surface area contributed by atoms with Gasteiger partial charge < -0.3 is 0 Å². The summed E-state index contributed by atoms with van der Waals surface area (Å²) in [6, 6.07) is 5.91. The Morgan fingerprint density at radius 2 is 1.90 bits per heavy atom. The summed E-state index contributed by atoms with van der Waals surface area (Å²) >= 11 is 0. The third kappa shape index (κ3) is 5.00. The largest absolute Gasteiger partial charge is 0.289 e. The van der Waals surface area contributed by atoms with Gasteiger partial charge in [0.05, 0.1) is 11.5 Å². The molecule has 0 atom stereocenters.